The molecule has 1 aromatic heterocycles. The molecule has 0 atom stereocenters. The molecule has 1 aromatic carbocycles. The number of fused-ring (bicyclic) bond motifs is 2. The fourth-order valence-corrected chi connectivity index (χ4v) is 5.63. The maximum Gasteiger partial charge on any atom is 0.737 e. The number of aryl methyl sites for hydroxylation is 1. The van der Waals surface area contributed by atoms with Crippen LogP contribution < -0.4 is 0 Å². The van der Waals surface area contributed by atoms with E-state index in [-0.39, 0.29) is 31.4 Å². The number of rotatable bonds is 9. The summed E-state index contributed by atoms with van der Waals surface area (Å²) in [6, 6.07) is 11.1. The lowest BCUT2D eigenvalue weighted by Crippen LogP contribution is -2.50. The minimum Gasteiger partial charge on any atom is -0.390 e. The second-order valence-corrected chi connectivity index (χ2v) is 11.6. The Morgan fingerprint density at radius 1 is 1.05 bits per heavy atom. The molecule has 11 heteroatoms. The minimum absolute atomic E-state index is 0.0115. The number of quaternary nitrogens is 1. The smallest absolute Gasteiger partial charge is 0.390 e. The lowest BCUT2D eigenvalue weighted by Gasteiger charge is -2.31. The standard InChI is InChI=1S/C29H34BF2N4O4/c1-20-17-23(12-15-29(39)40-35-27(37)13-14-28(35)38)33-24(20)19-26-22(11-8-16-36(2,3)4)18-25(34(26)30(33,31)32)21-9-6-5-7-10-21/h5-7,9-10,17-19H,8,11-16H2,1-4H3/q+1. The fraction of sp³-hybridized carbons (Fsp3) is 0.379. The van der Waals surface area contributed by atoms with Gasteiger partial charge in [0.15, 0.2) is 5.70 Å². The van der Waals surface area contributed by atoms with Crippen molar-refractivity contribution in [2.45, 2.75) is 45.4 Å². The molecule has 0 saturated carbocycles. The second-order valence-electron chi connectivity index (χ2n) is 11.6. The Morgan fingerprint density at radius 2 is 1.73 bits per heavy atom. The van der Waals surface area contributed by atoms with Crippen LogP contribution in [0.15, 0.2) is 53.7 Å². The molecule has 0 radical (unpaired) electrons. The Bertz CT molecular complexity index is 1470. The Balaban J connectivity index is 1.49. The van der Waals surface area contributed by atoms with Gasteiger partial charge in [0.1, 0.15) is 5.71 Å². The largest absolute Gasteiger partial charge is 0.737 e. The van der Waals surface area contributed by atoms with E-state index in [0.717, 1.165) is 32.0 Å². The highest BCUT2D eigenvalue weighted by molar-refractivity contribution is 6.58. The topological polar surface area (TPSA) is 71.6 Å². The molecule has 4 heterocycles. The Morgan fingerprint density at radius 3 is 2.38 bits per heavy atom. The fourth-order valence-electron chi connectivity index (χ4n) is 5.63. The number of carbonyl (C=O) groups is 3. The van der Waals surface area contributed by atoms with E-state index >= 15 is 8.63 Å². The lowest BCUT2D eigenvalue weighted by atomic mass is 9.88. The van der Waals surface area contributed by atoms with Crippen LogP contribution in [-0.2, 0) is 25.6 Å². The number of hydrogen-bond acceptors (Lipinski definition) is 4. The molecule has 1 fully saturated rings. The number of imide groups is 1. The summed E-state index contributed by atoms with van der Waals surface area (Å²) < 4.78 is 36.3. The van der Waals surface area contributed by atoms with Crippen LogP contribution in [0.25, 0.3) is 17.3 Å². The third-order valence-corrected chi connectivity index (χ3v) is 7.54. The molecule has 0 spiro atoms. The zero-order valence-corrected chi connectivity index (χ0v) is 23.3. The first kappa shape index (κ1) is 27.7. The van der Waals surface area contributed by atoms with E-state index in [1.807, 2.05) is 42.5 Å². The predicted octanol–water partition coefficient (Wildman–Crippen LogP) is 4.17. The number of nitrogens with zero attached hydrogens (tertiary/aromatic N) is 4. The van der Waals surface area contributed by atoms with Gasteiger partial charge in [0.2, 0.25) is 0 Å². The molecule has 1 saturated heterocycles. The number of hydroxylamine groups is 2. The van der Waals surface area contributed by atoms with Gasteiger partial charge in [-0.3, -0.25) is 9.59 Å². The summed E-state index contributed by atoms with van der Waals surface area (Å²) in [4.78, 5) is 40.9. The van der Waals surface area contributed by atoms with E-state index < -0.39 is 24.8 Å². The normalized spacial score (nSPS) is 18.1. The van der Waals surface area contributed by atoms with Crippen molar-refractivity contribution >= 4 is 36.5 Å². The summed E-state index contributed by atoms with van der Waals surface area (Å²) in [7, 11) is 6.34. The summed E-state index contributed by atoms with van der Waals surface area (Å²) >= 11 is 0. The van der Waals surface area contributed by atoms with Gasteiger partial charge in [0.25, 0.3) is 11.8 Å². The highest BCUT2D eigenvalue weighted by Gasteiger charge is 2.54. The van der Waals surface area contributed by atoms with Crippen molar-refractivity contribution in [1.82, 2.24) is 9.54 Å². The van der Waals surface area contributed by atoms with Crippen LogP contribution in [0.4, 0.5) is 8.63 Å². The molecule has 0 N–H and O–H groups in total. The Hall–Kier alpha value is -3.86. The molecule has 2 aromatic rings. The molecule has 0 aliphatic carbocycles. The second kappa shape index (κ2) is 10.3. The van der Waals surface area contributed by atoms with E-state index in [1.165, 1.54) is 0 Å². The van der Waals surface area contributed by atoms with Crippen LogP contribution >= 0.6 is 0 Å². The van der Waals surface area contributed by atoms with E-state index in [1.54, 1.807) is 13.0 Å². The summed E-state index contributed by atoms with van der Waals surface area (Å²) in [5, 5.41) is 0.478. The molecule has 3 aliphatic heterocycles. The van der Waals surface area contributed by atoms with Gasteiger partial charge in [-0.15, -0.1) is 5.06 Å². The Kier molecular flexibility index (Phi) is 7.12. The van der Waals surface area contributed by atoms with Crippen molar-refractivity contribution in [3.63, 3.8) is 0 Å². The van der Waals surface area contributed by atoms with Crippen LogP contribution in [0.2, 0.25) is 0 Å². The lowest BCUT2D eigenvalue weighted by molar-refractivity contribution is -0.870. The molecule has 8 nitrogen and oxygen atoms in total. The number of halogens is 2. The van der Waals surface area contributed by atoms with Crippen LogP contribution in [0.5, 0.6) is 0 Å². The van der Waals surface area contributed by atoms with Crippen molar-refractivity contribution < 1.29 is 36.8 Å². The van der Waals surface area contributed by atoms with Gasteiger partial charge in [-0.05, 0) is 30.5 Å². The number of benzene rings is 1. The highest BCUT2D eigenvalue weighted by Crippen LogP contribution is 2.40. The van der Waals surface area contributed by atoms with E-state index in [4.69, 9.17) is 4.84 Å². The first-order valence-corrected chi connectivity index (χ1v) is 13.6. The molecule has 40 heavy (non-hydrogen) atoms. The maximum atomic E-state index is 16.6. The number of allylic oxidation sites excluding steroid dienone is 2. The highest BCUT2D eigenvalue weighted by atomic mass is 19.2. The molecular weight excluding hydrogens is 517 g/mol. The Labute approximate surface area is 232 Å². The van der Waals surface area contributed by atoms with Gasteiger partial charge in [-0.2, -0.15) is 0 Å². The summed E-state index contributed by atoms with van der Waals surface area (Å²) in [6.45, 7) is -1.60. The van der Waals surface area contributed by atoms with Gasteiger partial charge in [-0.25, -0.2) is 4.79 Å². The molecule has 210 valence electrons. The first-order valence-electron chi connectivity index (χ1n) is 13.6. The van der Waals surface area contributed by atoms with Crippen LogP contribution in [0.3, 0.4) is 0 Å². The van der Waals surface area contributed by atoms with Crippen molar-refractivity contribution in [3.8, 4) is 11.3 Å². The quantitative estimate of drug-likeness (QED) is 0.267. The van der Waals surface area contributed by atoms with Crippen molar-refractivity contribution in [3.05, 3.63) is 65.0 Å². The molecule has 2 amide bonds. The van der Waals surface area contributed by atoms with E-state index in [0.29, 0.717) is 39.7 Å². The van der Waals surface area contributed by atoms with Crippen LogP contribution in [0.1, 0.15) is 50.3 Å². The van der Waals surface area contributed by atoms with Crippen molar-refractivity contribution in [2.75, 3.05) is 27.7 Å². The SMILES string of the molecule is CC1=CC(CCC(=O)ON2C(=O)CCC2=O)=[N+]2C1=Cc1c(CCC[N+](C)(C)C)cc(-c3ccccc3)n1[B-]2(F)F. The minimum atomic E-state index is -4.30. The van der Waals surface area contributed by atoms with Gasteiger partial charge in [-0.1, -0.05) is 30.3 Å². The average molecular weight is 551 g/mol. The monoisotopic (exact) mass is 551 g/mol. The molecule has 0 bridgehead atoms. The zero-order valence-electron chi connectivity index (χ0n) is 23.3. The number of hydrogen-bond donors (Lipinski definition) is 0. The maximum absolute atomic E-state index is 16.6. The van der Waals surface area contributed by atoms with Gasteiger partial charge >= 0.3 is 12.9 Å². The zero-order chi connectivity index (χ0) is 28.8. The van der Waals surface area contributed by atoms with Gasteiger partial charge in [0, 0.05) is 54.8 Å². The number of amides is 2. The predicted molar refractivity (Wildman–Crippen MR) is 148 cm³/mol. The third-order valence-electron chi connectivity index (χ3n) is 7.54. The summed E-state index contributed by atoms with van der Waals surface area (Å²) in [6.07, 6.45) is 4.72. The third kappa shape index (κ3) is 5.17. The van der Waals surface area contributed by atoms with Crippen LogP contribution in [-0.4, -0.2) is 76.7 Å². The first-order chi connectivity index (χ1) is 18.9. The molecule has 5 rings (SSSR count). The summed E-state index contributed by atoms with van der Waals surface area (Å²) in [5.74, 6) is -1.98. The molecule has 3 aliphatic rings. The molecule has 0 unspecified atom stereocenters. The van der Waals surface area contributed by atoms with E-state index in [9.17, 15) is 14.4 Å². The van der Waals surface area contributed by atoms with Gasteiger partial charge in [0.05, 0.1) is 34.1 Å². The average Bonchev–Trinajstić information content (AvgIpc) is 3.53. The number of aromatic nitrogens is 1. The van der Waals surface area contributed by atoms with E-state index in [2.05, 4.69) is 21.1 Å². The molecular formula is C29H34BF2N4O4+. The van der Waals surface area contributed by atoms with Crippen LogP contribution in [0, 0.1) is 0 Å². The van der Waals surface area contributed by atoms with Gasteiger partial charge < -0.3 is 26.9 Å². The summed E-state index contributed by atoms with van der Waals surface area (Å²) in [5.41, 5.74) is 3.92. The van der Waals surface area contributed by atoms with Crippen molar-refractivity contribution in [2.24, 2.45) is 0 Å². The number of carbonyl (C=O) groups excluding carboxylic acids is 3. The van der Waals surface area contributed by atoms with Crippen molar-refractivity contribution in [1.29, 1.82) is 0 Å².